The van der Waals surface area contributed by atoms with Crippen LogP contribution < -0.4 is 0 Å². The fourth-order valence-electron chi connectivity index (χ4n) is 4.36. The molecule has 3 nitrogen and oxygen atoms in total. The Bertz CT molecular complexity index is 854. The monoisotopic (exact) mass is 407 g/mol. The maximum absolute atomic E-state index is 13.1. The number of hydrogen-bond acceptors (Lipinski definition) is 2. The highest BCUT2D eigenvalue weighted by molar-refractivity contribution is 5.47. The van der Waals surface area contributed by atoms with Gasteiger partial charge in [-0.3, -0.25) is 4.90 Å². The maximum atomic E-state index is 13.1. The quantitative estimate of drug-likeness (QED) is 0.575. The van der Waals surface area contributed by atoms with Crippen LogP contribution in [0, 0.1) is 12.8 Å². The van der Waals surface area contributed by atoms with Gasteiger partial charge in [0, 0.05) is 24.6 Å². The van der Waals surface area contributed by atoms with Crippen LogP contribution in [0.1, 0.15) is 74.2 Å². The number of likely N-dealkylation sites (N-methyl/N-ethyl adjacent to an activating group) is 1. The summed E-state index contributed by atoms with van der Waals surface area (Å²) in [6.07, 6.45) is 0.652. The molecule has 2 atom stereocenters. The standard InChI is InChI=1S/C23H32F3N3/c1-6-15(3)8-10-18-22-19(7-2)28(5)13-12-21(22)29(27-18)20-11-9-17(14-16(20)4)23(24,25)26/h9,11,14-15,19H,6-8,10,12-13H2,1-5H3. The zero-order valence-electron chi connectivity index (χ0n) is 18.1. The summed E-state index contributed by atoms with van der Waals surface area (Å²) in [5, 5.41) is 4.96. The van der Waals surface area contributed by atoms with Crippen LogP contribution >= 0.6 is 0 Å². The Kier molecular flexibility index (Phi) is 6.42. The summed E-state index contributed by atoms with van der Waals surface area (Å²) in [5.74, 6) is 0.630. The highest BCUT2D eigenvalue weighted by Crippen LogP contribution is 2.37. The zero-order valence-corrected chi connectivity index (χ0v) is 18.1. The molecule has 1 aromatic heterocycles. The second kappa shape index (κ2) is 8.50. The number of aromatic nitrogens is 2. The van der Waals surface area contributed by atoms with Crippen molar-refractivity contribution in [3.05, 3.63) is 46.3 Å². The second-order valence-corrected chi connectivity index (χ2v) is 8.42. The molecule has 0 spiro atoms. The fraction of sp³-hybridized carbons (Fsp3) is 0.609. The average molecular weight is 408 g/mol. The van der Waals surface area contributed by atoms with Gasteiger partial charge in [-0.2, -0.15) is 18.3 Å². The van der Waals surface area contributed by atoms with E-state index in [1.165, 1.54) is 17.7 Å². The summed E-state index contributed by atoms with van der Waals surface area (Å²) in [7, 11) is 2.15. The summed E-state index contributed by atoms with van der Waals surface area (Å²) in [4.78, 5) is 2.38. The van der Waals surface area contributed by atoms with Crippen LogP contribution in [0.15, 0.2) is 18.2 Å². The van der Waals surface area contributed by atoms with Crippen molar-refractivity contribution in [1.82, 2.24) is 14.7 Å². The Morgan fingerprint density at radius 1 is 1.24 bits per heavy atom. The summed E-state index contributed by atoms with van der Waals surface area (Å²) >= 11 is 0. The first kappa shape index (κ1) is 21.9. The number of nitrogens with zero attached hydrogens (tertiary/aromatic N) is 3. The highest BCUT2D eigenvalue weighted by atomic mass is 19.4. The lowest BCUT2D eigenvalue weighted by Crippen LogP contribution is -2.32. The minimum Gasteiger partial charge on any atom is -0.299 e. The molecule has 0 radical (unpaired) electrons. The van der Waals surface area contributed by atoms with Crippen LogP contribution in [-0.4, -0.2) is 28.3 Å². The van der Waals surface area contributed by atoms with E-state index < -0.39 is 11.7 Å². The number of halogens is 3. The number of rotatable bonds is 6. The molecule has 0 bridgehead atoms. The molecule has 2 unspecified atom stereocenters. The molecule has 6 heteroatoms. The van der Waals surface area contributed by atoms with Gasteiger partial charge < -0.3 is 0 Å². The van der Waals surface area contributed by atoms with Gasteiger partial charge in [0.1, 0.15) is 0 Å². The van der Waals surface area contributed by atoms with E-state index in [-0.39, 0.29) is 0 Å². The first-order valence-electron chi connectivity index (χ1n) is 10.7. The number of aryl methyl sites for hydroxylation is 2. The minimum atomic E-state index is -4.33. The Labute approximate surface area is 171 Å². The van der Waals surface area contributed by atoms with Crippen molar-refractivity contribution in [2.75, 3.05) is 13.6 Å². The molecule has 1 aliphatic heterocycles. The Morgan fingerprint density at radius 2 is 1.97 bits per heavy atom. The van der Waals surface area contributed by atoms with Gasteiger partial charge in [-0.15, -0.1) is 0 Å². The molecule has 0 amide bonds. The van der Waals surface area contributed by atoms with Gasteiger partial charge in [-0.25, -0.2) is 4.68 Å². The van der Waals surface area contributed by atoms with Crippen molar-refractivity contribution in [3.8, 4) is 5.69 Å². The number of benzene rings is 1. The van der Waals surface area contributed by atoms with Gasteiger partial charge in [-0.05, 0) is 62.9 Å². The molecule has 1 aliphatic rings. The van der Waals surface area contributed by atoms with Gasteiger partial charge in [0.15, 0.2) is 0 Å². The van der Waals surface area contributed by atoms with E-state index in [2.05, 4.69) is 32.7 Å². The molecule has 0 saturated heterocycles. The summed E-state index contributed by atoms with van der Waals surface area (Å²) < 4.78 is 41.2. The average Bonchev–Trinajstić information content (AvgIpc) is 3.03. The van der Waals surface area contributed by atoms with Crippen LogP contribution in [0.2, 0.25) is 0 Å². The summed E-state index contributed by atoms with van der Waals surface area (Å²) in [6.45, 7) is 9.32. The van der Waals surface area contributed by atoms with E-state index in [9.17, 15) is 13.2 Å². The van der Waals surface area contributed by atoms with Crippen molar-refractivity contribution < 1.29 is 13.2 Å². The van der Waals surface area contributed by atoms with Gasteiger partial charge >= 0.3 is 6.18 Å². The normalized spacial score (nSPS) is 18.7. The third-order valence-electron chi connectivity index (χ3n) is 6.37. The van der Waals surface area contributed by atoms with E-state index in [0.717, 1.165) is 55.7 Å². The smallest absolute Gasteiger partial charge is 0.299 e. The third-order valence-corrected chi connectivity index (χ3v) is 6.37. The predicted molar refractivity (Wildman–Crippen MR) is 110 cm³/mol. The highest BCUT2D eigenvalue weighted by Gasteiger charge is 2.33. The molecule has 2 heterocycles. The van der Waals surface area contributed by atoms with Gasteiger partial charge in [-0.1, -0.05) is 27.2 Å². The molecular weight excluding hydrogens is 375 g/mol. The lowest BCUT2D eigenvalue weighted by molar-refractivity contribution is -0.137. The van der Waals surface area contributed by atoms with Crippen molar-refractivity contribution in [2.24, 2.45) is 5.92 Å². The topological polar surface area (TPSA) is 21.1 Å². The van der Waals surface area contributed by atoms with Crippen molar-refractivity contribution in [3.63, 3.8) is 0 Å². The number of alkyl halides is 3. The Balaban J connectivity index is 2.08. The molecule has 0 saturated carbocycles. The Hall–Kier alpha value is -1.82. The second-order valence-electron chi connectivity index (χ2n) is 8.42. The van der Waals surface area contributed by atoms with Crippen LogP contribution in [-0.2, 0) is 19.0 Å². The van der Waals surface area contributed by atoms with E-state index in [1.54, 1.807) is 13.0 Å². The molecule has 0 aliphatic carbocycles. The maximum Gasteiger partial charge on any atom is 0.416 e. The summed E-state index contributed by atoms with van der Waals surface area (Å²) in [5.41, 5.74) is 4.32. The van der Waals surface area contributed by atoms with Crippen molar-refractivity contribution in [2.45, 2.75) is 72.0 Å². The van der Waals surface area contributed by atoms with Crippen LogP contribution in [0.3, 0.4) is 0 Å². The van der Waals surface area contributed by atoms with Crippen LogP contribution in [0.4, 0.5) is 13.2 Å². The van der Waals surface area contributed by atoms with E-state index in [0.29, 0.717) is 17.5 Å². The third kappa shape index (κ3) is 4.37. The zero-order chi connectivity index (χ0) is 21.3. The molecule has 160 valence electrons. The SMILES string of the molecule is CCC(C)CCc1nn(-c2ccc(C(F)(F)F)cc2C)c2c1C(CC)N(C)CC2. The lowest BCUT2D eigenvalue weighted by atomic mass is 9.91. The first-order valence-corrected chi connectivity index (χ1v) is 10.7. The molecule has 0 N–H and O–H groups in total. The molecule has 0 fully saturated rings. The van der Waals surface area contributed by atoms with Crippen molar-refractivity contribution in [1.29, 1.82) is 0 Å². The summed E-state index contributed by atoms with van der Waals surface area (Å²) in [6, 6.07) is 4.29. The molecular formula is C23H32F3N3. The molecule has 1 aromatic carbocycles. The van der Waals surface area contributed by atoms with Crippen LogP contribution in [0.25, 0.3) is 5.69 Å². The Morgan fingerprint density at radius 3 is 2.55 bits per heavy atom. The van der Waals surface area contributed by atoms with Gasteiger partial charge in [0.05, 0.1) is 22.6 Å². The van der Waals surface area contributed by atoms with E-state index >= 15 is 0 Å². The largest absolute Gasteiger partial charge is 0.416 e. The van der Waals surface area contributed by atoms with Crippen molar-refractivity contribution >= 4 is 0 Å². The first-order chi connectivity index (χ1) is 13.7. The minimum absolute atomic E-state index is 0.314. The van der Waals surface area contributed by atoms with E-state index in [1.807, 2.05) is 4.68 Å². The van der Waals surface area contributed by atoms with E-state index in [4.69, 9.17) is 5.10 Å². The van der Waals surface area contributed by atoms with Crippen LogP contribution in [0.5, 0.6) is 0 Å². The molecule has 2 aromatic rings. The lowest BCUT2D eigenvalue weighted by Gasteiger charge is -2.33. The molecule has 3 rings (SSSR count). The predicted octanol–water partition coefficient (Wildman–Crippen LogP) is 6.12. The fourth-order valence-corrected chi connectivity index (χ4v) is 4.36. The number of fused-ring (bicyclic) bond motifs is 1. The molecule has 29 heavy (non-hydrogen) atoms. The van der Waals surface area contributed by atoms with Gasteiger partial charge in [0.2, 0.25) is 0 Å². The number of hydrogen-bond donors (Lipinski definition) is 0. The van der Waals surface area contributed by atoms with Gasteiger partial charge in [0.25, 0.3) is 0 Å².